The number of halogens is 1. The highest BCUT2D eigenvalue weighted by Gasteiger charge is 2.16. The molecule has 5 heteroatoms. The second kappa shape index (κ2) is 8.64. The monoisotopic (exact) mass is 445 g/mol. The number of aldehydes is 1. The van der Waals surface area contributed by atoms with Crippen LogP contribution in [0.4, 0.5) is 0 Å². The van der Waals surface area contributed by atoms with Crippen LogP contribution in [0.1, 0.15) is 31.9 Å². The van der Waals surface area contributed by atoms with Gasteiger partial charge in [-0.1, -0.05) is 74.8 Å². The van der Waals surface area contributed by atoms with Gasteiger partial charge in [-0.15, -0.1) is 0 Å². The van der Waals surface area contributed by atoms with Gasteiger partial charge in [-0.3, -0.25) is 4.79 Å². The Hall–Kier alpha value is -3.37. The predicted octanol–water partition coefficient (Wildman–Crippen LogP) is 6.41. The molecule has 0 radical (unpaired) electrons. The van der Waals surface area contributed by atoms with E-state index in [-0.39, 0.29) is 11.7 Å². The van der Waals surface area contributed by atoms with Crippen LogP contribution in [0.5, 0.6) is 5.75 Å². The number of benzene rings is 3. The number of carbonyl (C=O) groups excluding carboxylic acids is 2. The van der Waals surface area contributed by atoms with Crippen LogP contribution in [0.3, 0.4) is 0 Å². The number of nitrogens with zero attached hydrogens (tertiary/aromatic N) is 1. The van der Waals surface area contributed by atoms with Crippen LogP contribution in [0.2, 0.25) is 5.02 Å². The molecule has 0 fully saturated rings. The summed E-state index contributed by atoms with van der Waals surface area (Å²) in [5.74, 6) is -0.570. The molecular formula is C27H24ClNO3. The van der Waals surface area contributed by atoms with E-state index in [1.165, 1.54) is 5.56 Å². The molecule has 0 atom stereocenters. The van der Waals surface area contributed by atoms with E-state index >= 15 is 0 Å². The second-order valence-electron chi connectivity index (χ2n) is 8.85. The van der Waals surface area contributed by atoms with E-state index in [4.69, 9.17) is 16.3 Å². The first kappa shape index (κ1) is 21.8. The molecule has 1 aromatic heterocycles. The summed E-state index contributed by atoms with van der Waals surface area (Å²) in [4.78, 5) is 22.6. The van der Waals surface area contributed by atoms with Gasteiger partial charge in [-0.2, -0.15) is 0 Å². The highest BCUT2D eigenvalue weighted by molar-refractivity contribution is 6.30. The minimum absolute atomic E-state index is 0.0889. The molecule has 0 unspecified atom stereocenters. The van der Waals surface area contributed by atoms with Crippen molar-refractivity contribution in [2.24, 2.45) is 0 Å². The smallest absolute Gasteiger partial charge is 0.376 e. The van der Waals surface area contributed by atoms with Gasteiger partial charge in [0, 0.05) is 23.2 Å². The Balaban J connectivity index is 1.75. The number of rotatable bonds is 5. The second-order valence-corrected chi connectivity index (χ2v) is 9.29. The van der Waals surface area contributed by atoms with Gasteiger partial charge in [0.1, 0.15) is 0 Å². The molecule has 0 aliphatic rings. The van der Waals surface area contributed by atoms with Gasteiger partial charge in [0.15, 0.2) is 5.75 Å². The number of carbonyl (C=O) groups is 2. The zero-order chi connectivity index (χ0) is 22.9. The molecule has 162 valence electrons. The highest BCUT2D eigenvalue weighted by Crippen LogP contribution is 2.34. The van der Waals surface area contributed by atoms with Crippen molar-refractivity contribution in [3.8, 4) is 16.9 Å². The Bertz CT molecular complexity index is 1300. The van der Waals surface area contributed by atoms with Gasteiger partial charge in [-0.05, 0) is 51.9 Å². The summed E-state index contributed by atoms with van der Waals surface area (Å²) in [5, 5.41) is 1.40. The van der Waals surface area contributed by atoms with Crippen molar-refractivity contribution in [2.45, 2.75) is 32.7 Å². The van der Waals surface area contributed by atoms with Crippen LogP contribution in [0.25, 0.3) is 22.0 Å². The molecule has 0 saturated heterocycles. The molecule has 3 aromatic carbocycles. The van der Waals surface area contributed by atoms with E-state index in [0.29, 0.717) is 17.3 Å². The Morgan fingerprint density at radius 3 is 2.38 bits per heavy atom. The van der Waals surface area contributed by atoms with Crippen LogP contribution >= 0.6 is 11.6 Å². The van der Waals surface area contributed by atoms with Gasteiger partial charge in [0.25, 0.3) is 0 Å². The molecule has 0 bridgehead atoms. The normalized spacial score (nSPS) is 11.5. The number of fused-ring (bicyclic) bond motifs is 1. The SMILES string of the molecule is CC(C)(C)c1ccc(Cn2cc(OC(=O)C=O)c3cc(-c4cccc(Cl)c4)ccc32)cc1. The fraction of sp³-hybridized carbons (Fsp3) is 0.185. The van der Waals surface area contributed by atoms with Gasteiger partial charge in [0.2, 0.25) is 6.29 Å². The van der Waals surface area contributed by atoms with Crippen molar-refractivity contribution in [3.05, 3.63) is 89.1 Å². The quantitative estimate of drug-likeness (QED) is 0.202. The maximum absolute atomic E-state index is 11.7. The van der Waals surface area contributed by atoms with Gasteiger partial charge >= 0.3 is 5.97 Å². The molecule has 4 rings (SSSR count). The van der Waals surface area contributed by atoms with Crippen molar-refractivity contribution in [1.29, 1.82) is 0 Å². The zero-order valence-electron chi connectivity index (χ0n) is 18.3. The minimum atomic E-state index is -0.924. The molecule has 4 nitrogen and oxygen atoms in total. The van der Waals surface area contributed by atoms with E-state index in [9.17, 15) is 9.59 Å². The number of aromatic nitrogens is 1. The summed E-state index contributed by atoms with van der Waals surface area (Å²) in [6, 6.07) is 22.0. The fourth-order valence-electron chi connectivity index (χ4n) is 3.76. The van der Waals surface area contributed by atoms with Gasteiger partial charge < -0.3 is 9.30 Å². The van der Waals surface area contributed by atoms with E-state index in [0.717, 1.165) is 27.6 Å². The summed E-state index contributed by atoms with van der Waals surface area (Å²) in [6.45, 7) is 7.17. The average Bonchev–Trinajstić information content (AvgIpc) is 3.09. The Morgan fingerprint density at radius 2 is 1.72 bits per heavy atom. The molecule has 4 aromatic rings. The Morgan fingerprint density at radius 1 is 1.00 bits per heavy atom. The molecule has 0 amide bonds. The summed E-state index contributed by atoms with van der Waals surface area (Å²) < 4.78 is 7.34. The zero-order valence-corrected chi connectivity index (χ0v) is 19.0. The first-order valence-electron chi connectivity index (χ1n) is 10.4. The van der Waals surface area contributed by atoms with Crippen molar-refractivity contribution >= 4 is 34.8 Å². The number of ether oxygens (including phenoxy) is 1. The maximum Gasteiger partial charge on any atom is 0.376 e. The fourth-order valence-corrected chi connectivity index (χ4v) is 3.95. The lowest BCUT2D eigenvalue weighted by atomic mass is 9.87. The molecule has 0 saturated carbocycles. The minimum Gasteiger partial charge on any atom is -0.419 e. The summed E-state index contributed by atoms with van der Waals surface area (Å²) >= 11 is 6.15. The van der Waals surface area contributed by atoms with E-state index < -0.39 is 5.97 Å². The maximum atomic E-state index is 11.7. The van der Waals surface area contributed by atoms with Crippen LogP contribution in [0, 0.1) is 0 Å². The Labute approximate surface area is 192 Å². The lowest BCUT2D eigenvalue weighted by Gasteiger charge is -2.19. The number of esters is 1. The highest BCUT2D eigenvalue weighted by atomic mass is 35.5. The molecular weight excluding hydrogens is 422 g/mol. The number of hydrogen-bond acceptors (Lipinski definition) is 3. The van der Waals surface area contributed by atoms with Crippen LogP contribution in [-0.2, 0) is 21.5 Å². The van der Waals surface area contributed by atoms with Gasteiger partial charge in [0.05, 0.1) is 5.52 Å². The third kappa shape index (κ3) is 4.61. The standard InChI is InChI=1S/C27H24ClNO3/c1-27(2,3)21-10-7-18(8-11-21)15-29-16-25(32-26(31)17-30)23-14-20(9-12-24(23)29)19-5-4-6-22(28)13-19/h4-14,16-17H,15H2,1-3H3. The lowest BCUT2D eigenvalue weighted by molar-refractivity contribution is -0.141. The first-order valence-corrected chi connectivity index (χ1v) is 10.8. The lowest BCUT2D eigenvalue weighted by Crippen LogP contribution is -2.11. The van der Waals surface area contributed by atoms with E-state index in [1.807, 2.05) is 47.0 Å². The predicted molar refractivity (Wildman–Crippen MR) is 128 cm³/mol. The van der Waals surface area contributed by atoms with Gasteiger partial charge in [-0.25, -0.2) is 4.79 Å². The molecule has 0 N–H and O–H groups in total. The molecule has 32 heavy (non-hydrogen) atoms. The summed E-state index contributed by atoms with van der Waals surface area (Å²) in [5.41, 5.74) is 5.29. The van der Waals surface area contributed by atoms with Crippen molar-refractivity contribution in [1.82, 2.24) is 4.57 Å². The first-order chi connectivity index (χ1) is 15.2. The van der Waals surface area contributed by atoms with Crippen LogP contribution < -0.4 is 4.74 Å². The van der Waals surface area contributed by atoms with Crippen molar-refractivity contribution in [3.63, 3.8) is 0 Å². The van der Waals surface area contributed by atoms with E-state index in [2.05, 4.69) is 45.0 Å². The van der Waals surface area contributed by atoms with Crippen LogP contribution in [0.15, 0.2) is 72.9 Å². The van der Waals surface area contributed by atoms with Crippen LogP contribution in [-0.4, -0.2) is 16.8 Å². The van der Waals surface area contributed by atoms with Crippen molar-refractivity contribution in [2.75, 3.05) is 0 Å². The van der Waals surface area contributed by atoms with E-state index in [1.54, 1.807) is 6.20 Å². The number of hydrogen-bond donors (Lipinski definition) is 0. The van der Waals surface area contributed by atoms with Crippen molar-refractivity contribution < 1.29 is 14.3 Å². The average molecular weight is 446 g/mol. The third-order valence-corrected chi connectivity index (χ3v) is 5.72. The topological polar surface area (TPSA) is 48.3 Å². The largest absolute Gasteiger partial charge is 0.419 e. The molecule has 0 spiro atoms. The molecule has 0 aliphatic heterocycles. The molecule has 0 aliphatic carbocycles. The summed E-state index contributed by atoms with van der Waals surface area (Å²) in [6.07, 6.45) is 1.95. The molecule has 1 heterocycles. The Kier molecular flexibility index (Phi) is 5.90. The summed E-state index contributed by atoms with van der Waals surface area (Å²) in [7, 11) is 0. The third-order valence-electron chi connectivity index (χ3n) is 5.48.